The highest BCUT2D eigenvalue weighted by Crippen LogP contribution is 2.21. The second-order valence-electron chi connectivity index (χ2n) is 3.76. The molecule has 0 aliphatic carbocycles. The Morgan fingerprint density at radius 3 is 2.06 bits per heavy atom. The highest BCUT2D eigenvalue weighted by molar-refractivity contribution is 5.94. The molecule has 0 unspecified atom stereocenters. The lowest BCUT2D eigenvalue weighted by atomic mass is 10.0. The van der Waals surface area contributed by atoms with E-state index in [2.05, 4.69) is 0 Å². The number of Topliss-reactive ketones (excluding diaryl/α,β-unsaturated/α-hetero) is 1. The number of carbonyl (C=O) groups is 1. The third-order valence-corrected chi connectivity index (χ3v) is 2.51. The predicted molar refractivity (Wildman–Crippen MR) is 77.6 cm³/mol. The van der Waals surface area contributed by atoms with Gasteiger partial charge in [-0.15, -0.1) is 0 Å². The van der Waals surface area contributed by atoms with Gasteiger partial charge < -0.3 is 5.73 Å². The minimum atomic E-state index is 0.0825. The van der Waals surface area contributed by atoms with Gasteiger partial charge >= 0.3 is 0 Å². The van der Waals surface area contributed by atoms with Crippen molar-refractivity contribution in [1.82, 2.24) is 0 Å². The van der Waals surface area contributed by atoms with E-state index in [9.17, 15) is 4.79 Å². The number of anilines is 1. The Bertz CT molecular complexity index is 515. The Hall–Kier alpha value is -2.09. The van der Waals surface area contributed by atoms with Crippen molar-refractivity contribution >= 4 is 11.5 Å². The fourth-order valence-electron chi connectivity index (χ4n) is 1.62. The molecule has 0 bridgehead atoms. The Balaban J connectivity index is 0.000000771. The van der Waals surface area contributed by atoms with Crippen LogP contribution in [0.15, 0.2) is 48.5 Å². The van der Waals surface area contributed by atoms with Crippen molar-refractivity contribution in [3.05, 3.63) is 54.1 Å². The van der Waals surface area contributed by atoms with Crippen molar-refractivity contribution in [3.63, 3.8) is 0 Å². The Morgan fingerprint density at radius 1 is 0.944 bits per heavy atom. The minimum absolute atomic E-state index is 0.0825. The molecule has 0 fully saturated rings. The molecule has 0 atom stereocenters. The van der Waals surface area contributed by atoms with E-state index in [-0.39, 0.29) is 5.78 Å². The number of benzene rings is 2. The second-order valence-corrected chi connectivity index (χ2v) is 3.76. The van der Waals surface area contributed by atoms with Gasteiger partial charge in [-0.1, -0.05) is 50.2 Å². The van der Waals surface area contributed by atoms with Crippen LogP contribution in [-0.2, 0) is 0 Å². The van der Waals surface area contributed by atoms with Gasteiger partial charge in [0.15, 0.2) is 5.78 Å². The van der Waals surface area contributed by atoms with Crippen LogP contribution in [0.2, 0.25) is 0 Å². The summed E-state index contributed by atoms with van der Waals surface area (Å²) in [6, 6.07) is 15.2. The standard InChI is InChI=1S/C14H13NO.C2H6/c1-10(16)11-5-7-12(8-6-11)13-3-2-4-14(15)9-13;1-2/h2-9H,15H2,1H3;1-2H3. The van der Waals surface area contributed by atoms with Crippen LogP contribution in [0.25, 0.3) is 11.1 Å². The van der Waals surface area contributed by atoms with E-state index in [1.807, 2.05) is 62.4 Å². The van der Waals surface area contributed by atoms with Gasteiger partial charge in [0.05, 0.1) is 0 Å². The third kappa shape index (κ3) is 3.45. The molecule has 0 heterocycles. The highest BCUT2D eigenvalue weighted by atomic mass is 16.1. The van der Waals surface area contributed by atoms with Gasteiger partial charge in [0.1, 0.15) is 0 Å². The quantitative estimate of drug-likeness (QED) is 0.633. The molecular formula is C16H19NO. The molecule has 2 heteroatoms. The summed E-state index contributed by atoms with van der Waals surface area (Å²) in [5, 5.41) is 0. The van der Waals surface area contributed by atoms with Gasteiger partial charge in [0, 0.05) is 11.3 Å². The van der Waals surface area contributed by atoms with Crippen molar-refractivity contribution in [1.29, 1.82) is 0 Å². The molecule has 2 aromatic carbocycles. The maximum absolute atomic E-state index is 11.1. The fraction of sp³-hybridized carbons (Fsp3) is 0.188. The molecule has 0 spiro atoms. The van der Waals surface area contributed by atoms with Crippen LogP contribution in [-0.4, -0.2) is 5.78 Å². The van der Waals surface area contributed by atoms with E-state index >= 15 is 0 Å². The first-order valence-electron chi connectivity index (χ1n) is 6.14. The van der Waals surface area contributed by atoms with Crippen LogP contribution in [0, 0.1) is 0 Å². The Labute approximate surface area is 108 Å². The van der Waals surface area contributed by atoms with E-state index < -0.39 is 0 Å². The third-order valence-electron chi connectivity index (χ3n) is 2.51. The molecule has 2 aromatic rings. The SMILES string of the molecule is CC.CC(=O)c1ccc(-c2cccc(N)c2)cc1. The normalized spacial score (nSPS) is 9.28. The largest absolute Gasteiger partial charge is 0.399 e. The van der Waals surface area contributed by atoms with E-state index in [1.165, 1.54) is 0 Å². The summed E-state index contributed by atoms with van der Waals surface area (Å²) in [4.78, 5) is 11.1. The van der Waals surface area contributed by atoms with Crippen LogP contribution in [0.1, 0.15) is 31.1 Å². The summed E-state index contributed by atoms with van der Waals surface area (Å²) in [6.07, 6.45) is 0. The average molecular weight is 241 g/mol. The molecule has 0 radical (unpaired) electrons. The molecule has 0 amide bonds. The van der Waals surface area contributed by atoms with E-state index in [0.717, 1.165) is 22.4 Å². The van der Waals surface area contributed by atoms with Crippen LogP contribution < -0.4 is 5.73 Å². The van der Waals surface area contributed by atoms with Gasteiger partial charge in [-0.05, 0) is 30.2 Å². The molecule has 2 nitrogen and oxygen atoms in total. The number of ketones is 1. The number of hydrogen-bond acceptors (Lipinski definition) is 2. The molecule has 0 aliphatic rings. The van der Waals surface area contributed by atoms with Gasteiger partial charge in [-0.2, -0.15) is 0 Å². The number of nitrogens with two attached hydrogens (primary N) is 1. The molecule has 94 valence electrons. The molecule has 2 N–H and O–H groups in total. The van der Waals surface area contributed by atoms with Gasteiger partial charge in [-0.25, -0.2) is 0 Å². The minimum Gasteiger partial charge on any atom is -0.399 e. The van der Waals surface area contributed by atoms with Crippen LogP contribution in [0.5, 0.6) is 0 Å². The molecule has 0 saturated heterocycles. The number of hydrogen-bond donors (Lipinski definition) is 1. The zero-order chi connectivity index (χ0) is 13.5. The summed E-state index contributed by atoms with van der Waals surface area (Å²) in [5.41, 5.74) is 9.32. The first-order chi connectivity index (χ1) is 8.66. The van der Waals surface area contributed by atoms with Crippen molar-refractivity contribution in [2.75, 3.05) is 5.73 Å². The number of rotatable bonds is 2. The summed E-state index contributed by atoms with van der Waals surface area (Å²) >= 11 is 0. The zero-order valence-corrected chi connectivity index (χ0v) is 11.1. The fourth-order valence-corrected chi connectivity index (χ4v) is 1.62. The first-order valence-corrected chi connectivity index (χ1v) is 6.14. The smallest absolute Gasteiger partial charge is 0.159 e. The zero-order valence-electron chi connectivity index (χ0n) is 11.1. The van der Waals surface area contributed by atoms with Crippen molar-refractivity contribution in [3.8, 4) is 11.1 Å². The lowest BCUT2D eigenvalue weighted by Crippen LogP contribution is -1.91. The first kappa shape index (κ1) is 14.0. The molecule has 2 rings (SSSR count). The summed E-state index contributed by atoms with van der Waals surface area (Å²) in [5.74, 6) is 0.0825. The summed E-state index contributed by atoms with van der Waals surface area (Å²) < 4.78 is 0. The van der Waals surface area contributed by atoms with E-state index in [0.29, 0.717) is 0 Å². The van der Waals surface area contributed by atoms with Gasteiger partial charge in [0.2, 0.25) is 0 Å². The van der Waals surface area contributed by atoms with Gasteiger partial charge in [0.25, 0.3) is 0 Å². The number of nitrogen functional groups attached to an aromatic ring is 1. The maximum atomic E-state index is 11.1. The summed E-state index contributed by atoms with van der Waals surface area (Å²) in [7, 11) is 0. The molecular weight excluding hydrogens is 222 g/mol. The van der Waals surface area contributed by atoms with Crippen LogP contribution >= 0.6 is 0 Å². The topological polar surface area (TPSA) is 43.1 Å². The molecule has 0 saturated carbocycles. The van der Waals surface area contributed by atoms with Crippen LogP contribution in [0.3, 0.4) is 0 Å². The van der Waals surface area contributed by atoms with E-state index in [1.54, 1.807) is 6.92 Å². The van der Waals surface area contributed by atoms with Crippen LogP contribution in [0.4, 0.5) is 5.69 Å². The lowest BCUT2D eigenvalue weighted by molar-refractivity contribution is 0.101. The number of carbonyl (C=O) groups excluding carboxylic acids is 1. The van der Waals surface area contributed by atoms with E-state index in [4.69, 9.17) is 5.73 Å². The molecule has 0 aromatic heterocycles. The maximum Gasteiger partial charge on any atom is 0.159 e. The van der Waals surface area contributed by atoms with Crippen molar-refractivity contribution in [2.45, 2.75) is 20.8 Å². The Kier molecular flexibility index (Phi) is 5.12. The van der Waals surface area contributed by atoms with Crippen molar-refractivity contribution < 1.29 is 4.79 Å². The Morgan fingerprint density at radius 2 is 1.56 bits per heavy atom. The molecule has 0 aliphatic heterocycles. The monoisotopic (exact) mass is 241 g/mol. The van der Waals surface area contributed by atoms with Crippen molar-refractivity contribution in [2.24, 2.45) is 0 Å². The second kappa shape index (κ2) is 6.60. The highest BCUT2D eigenvalue weighted by Gasteiger charge is 2.01. The summed E-state index contributed by atoms with van der Waals surface area (Å²) in [6.45, 7) is 5.56. The average Bonchev–Trinajstić information content (AvgIpc) is 2.41. The van der Waals surface area contributed by atoms with Gasteiger partial charge in [-0.3, -0.25) is 4.79 Å². The lowest BCUT2D eigenvalue weighted by Gasteiger charge is -2.03. The predicted octanol–water partition coefficient (Wildman–Crippen LogP) is 4.16. The molecule has 18 heavy (non-hydrogen) atoms.